The molecule has 0 spiro atoms. The van der Waals surface area contributed by atoms with Gasteiger partial charge in [-0.2, -0.15) is 0 Å². The Balaban J connectivity index is 1.82. The van der Waals surface area contributed by atoms with E-state index < -0.39 is 11.6 Å². The summed E-state index contributed by atoms with van der Waals surface area (Å²) in [5, 5.41) is 5.29. The number of nitrogens with one attached hydrogen (secondary N) is 3. The number of aromatic amines is 1. The quantitative estimate of drug-likeness (QED) is 0.658. The molecular weight excluding hydrogens is 324 g/mol. The molecule has 0 unspecified atom stereocenters. The highest BCUT2D eigenvalue weighted by molar-refractivity contribution is 6.06. The summed E-state index contributed by atoms with van der Waals surface area (Å²) in [5.74, 6) is -0.523. The van der Waals surface area contributed by atoms with Gasteiger partial charge in [0.1, 0.15) is 5.54 Å². The smallest absolute Gasteiger partial charge is 0.325 e. The van der Waals surface area contributed by atoms with Crippen molar-refractivity contribution in [3.63, 3.8) is 0 Å². The lowest BCUT2D eigenvalue weighted by Crippen LogP contribution is -2.40. The van der Waals surface area contributed by atoms with Gasteiger partial charge in [-0.3, -0.25) is 19.3 Å². The Morgan fingerprint density at radius 1 is 1.24 bits per heavy atom. The molecule has 8 nitrogen and oxygen atoms in total. The number of rotatable bonds is 6. The van der Waals surface area contributed by atoms with Crippen molar-refractivity contribution in [3.8, 4) is 0 Å². The molecule has 25 heavy (non-hydrogen) atoms. The van der Waals surface area contributed by atoms with Crippen LogP contribution in [0.3, 0.4) is 0 Å². The molecule has 1 aromatic rings. The van der Waals surface area contributed by atoms with Crippen molar-refractivity contribution in [1.29, 1.82) is 0 Å². The molecular formula is C17H24N4O4. The molecule has 0 aromatic carbocycles. The van der Waals surface area contributed by atoms with Crippen molar-refractivity contribution >= 4 is 17.8 Å². The number of pyridine rings is 1. The number of aromatic nitrogens is 1. The largest absolute Gasteiger partial charge is 0.352 e. The van der Waals surface area contributed by atoms with Gasteiger partial charge in [-0.05, 0) is 45.7 Å². The molecule has 0 radical (unpaired) electrons. The van der Waals surface area contributed by atoms with Gasteiger partial charge in [0.05, 0.1) is 0 Å². The number of imide groups is 1. The van der Waals surface area contributed by atoms with E-state index in [0.29, 0.717) is 12.0 Å². The van der Waals surface area contributed by atoms with E-state index in [4.69, 9.17) is 0 Å². The number of hydrogen-bond donors (Lipinski definition) is 3. The van der Waals surface area contributed by atoms with E-state index >= 15 is 0 Å². The SMILES string of the molecule is Cc1cc(C)c(CNC(=O)CCCN2C(=O)NC(C)(C)C2=O)c(=O)[nH]1. The van der Waals surface area contributed by atoms with Crippen molar-refractivity contribution in [3.05, 3.63) is 33.2 Å². The van der Waals surface area contributed by atoms with E-state index in [2.05, 4.69) is 15.6 Å². The molecule has 0 atom stereocenters. The first kappa shape index (κ1) is 18.7. The van der Waals surface area contributed by atoms with Crippen LogP contribution >= 0.6 is 0 Å². The minimum absolute atomic E-state index is 0.149. The van der Waals surface area contributed by atoms with Gasteiger partial charge < -0.3 is 15.6 Å². The van der Waals surface area contributed by atoms with Crippen molar-refractivity contribution in [2.45, 2.75) is 52.6 Å². The number of hydrogen-bond acceptors (Lipinski definition) is 4. The molecule has 4 amide bonds. The molecule has 136 valence electrons. The van der Waals surface area contributed by atoms with E-state index in [9.17, 15) is 19.2 Å². The van der Waals surface area contributed by atoms with E-state index in [1.165, 1.54) is 0 Å². The molecule has 3 N–H and O–H groups in total. The van der Waals surface area contributed by atoms with E-state index in [0.717, 1.165) is 16.2 Å². The number of nitrogens with zero attached hydrogens (tertiary/aromatic N) is 1. The predicted octanol–water partition coefficient (Wildman–Crippen LogP) is 0.719. The maximum absolute atomic E-state index is 12.0. The van der Waals surface area contributed by atoms with Crippen LogP contribution in [0.4, 0.5) is 4.79 Å². The maximum Gasteiger partial charge on any atom is 0.325 e. The maximum atomic E-state index is 12.0. The van der Waals surface area contributed by atoms with E-state index in [1.54, 1.807) is 20.8 Å². The lowest BCUT2D eigenvalue weighted by molar-refractivity contribution is -0.130. The molecule has 1 aliphatic heterocycles. The van der Waals surface area contributed by atoms with Gasteiger partial charge >= 0.3 is 6.03 Å². The van der Waals surface area contributed by atoms with Crippen molar-refractivity contribution < 1.29 is 14.4 Å². The van der Waals surface area contributed by atoms with Crippen LogP contribution in [0.5, 0.6) is 0 Å². The first-order valence-corrected chi connectivity index (χ1v) is 8.22. The molecule has 1 aliphatic rings. The molecule has 1 aromatic heterocycles. The van der Waals surface area contributed by atoms with E-state index in [-0.39, 0.29) is 36.9 Å². The first-order chi connectivity index (χ1) is 11.6. The second-order valence-electron chi connectivity index (χ2n) is 6.84. The van der Waals surface area contributed by atoms with Gasteiger partial charge in [-0.25, -0.2) is 4.79 Å². The van der Waals surface area contributed by atoms with Crippen LogP contribution in [-0.4, -0.2) is 39.8 Å². The molecule has 2 heterocycles. The van der Waals surface area contributed by atoms with Crippen molar-refractivity contribution in [2.75, 3.05) is 6.54 Å². The molecule has 1 saturated heterocycles. The van der Waals surface area contributed by atoms with Crippen LogP contribution < -0.4 is 16.2 Å². The molecule has 8 heteroatoms. The Labute approximate surface area is 146 Å². The van der Waals surface area contributed by atoms with Crippen molar-refractivity contribution in [1.82, 2.24) is 20.5 Å². The molecule has 0 aliphatic carbocycles. The summed E-state index contributed by atoms with van der Waals surface area (Å²) in [6.07, 6.45) is 0.532. The average molecular weight is 348 g/mol. The Bertz CT molecular complexity index is 766. The fraction of sp³-hybridized carbons (Fsp3) is 0.529. The zero-order valence-electron chi connectivity index (χ0n) is 15.0. The third kappa shape index (κ3) is 4.26. The Morgan fingerprint density at radius 3 is 2.48 bits per heavy atom. The lowest BCUT2D eigenvalue weighted by atomic mass is 10.1. The fourth-order valence-corrected chi connectivity index (χ4v) is 2.80. The van der Waals surface area contributed by atoms with Gasteiger partial charge in [0.15, 0.2) is 0 Å². The Morgan fingerprint density at radius 2 is 1.92 bits per heavy atom. The minimum atomic E-state index is -0.899. The number of carbonyl (C=O) groups is 3. The zero-order chi connectivity index (χ0) is 18.8. The molecule has 2 rings (SSSR count). The van der Waals surface area contributed by atoms with Gasteiger partial charge in [0.2, 0.25) is 5.91 Å². The van der Waals surface area contributed by atoms with Gasteiger partial charge in [0.25, 0.3) is 11.5 Å². The molecule has 0 bridgehead atoms. The summed E-state index contributed by atoms with van der Waals surface area (Å²) in [6, 6.07) is 1.42. The summed E-state index contributed by atoms with van der Waals surface area (Å²) < 4.78 is 0. The standard InChI is InChI=1S/C17H24N4O4/c1-10-8-11(2)19-14(23)12(10)9-18-13(22)6-5-7-21-15(24)17(3,4)20-16(21)25/h8H,5-7,9H2,1-4H3,(H,18,22)(H,19,23)(H,20,25). The van der Waals surface area contributed by atoms with Crippen LogP contribution in [0.2, 0.25) is 0 Å². The summed E-state index contributed by atoms with van der Waals surface area (Å²) in [5.41, 5.74) is 1.01. The highest BCUT2D eigenvalue weighted by atomic mass is 16.2. The third-order valence-corrected chi connectivity index (χ3v) is 4.19. The van der Waals surface area contributed by atoms with Crippen LogP contribution in [0.25, 0.3) is 0 Å². The molecule has 1 fully saturated rings. The van der Waals surface area contributed by atoms with Crippen LogP contribution in [0.1, 0.15) is 43.5 Å². The summed E-state index contributed by atoms with van der Waals surface area (Å²) in [7, 11) is 0. The van der Waals surface area contributed by atoms with Gasteiger partial charge in [-0.15, -0.1) is 0 Å². The number of H-pyrrole nitrogens is 1. The zero-order valence-corrected chi connectivity index (χ0v) is 15.0. The number of amides is 4. The average Bonchev–Trinajstić information content (AvgIpc) is 2.67. The van der Waals surface area contributed by atoms with Gasteiger partial charge in [0, 0.05) is 30.8 Å². The summed E-state index contributed by atoms with van der Waals surface area (Å²) >= 11 is 0. The normalized spacial score (nSPS) is 16.1. The van der Waals surface area contributed by atoms with Crippen LogP contribution in [0.15, 0.2) is 10.9 Å². The first-order valence-electron chi connectivity index (χ1n) is 8.22. The lowest BCUT2D eigenvalue weighted by Gasteiger charge is -2.15. The van der Waals surface area contributed by atoms with Crippen LogP contribution in [0, 0.1) is 13.8 Å². The van der Waals surface area contributed by atoms with E-state index in [1.807, 2.05) is 13.0 Å². The fourth-order valence-electron chi connectivity index (χ4n) is 2.80. The topological polar surface area (TPSA) is 111 Å². The highest BCUT2D eigenvalue weighted by Gasteiger charge is 2.43. The van der Waals surface area contributed by atoms with Crippen molar-refractivity contribution in [2.24, 2.45) is 0 Å². The second-order valence-corrected chi connectivity index (χ2v) is 6.84. The highest BCUT2D eigenvalue weighted by Crippen LogP contribution is 2.16. The minimum Gasteiger partial charge on any atom is -0.352 e. The second kappa shape index (κ2) is 7.08. The predicted molar refractivity (Wildman–Crippen MR) is 91.9 cm³/mol. The number of urea groups is 1. The molecule has 0 saturated carbocycles. The Hall–Kier alpha value is -2.64. The summed E-state index contributed by atoms with van der Waals surface area (Å²) in [4.78, 5) is 51.4. The van der Waals surface area contributed by atoms with Crippen LogP contribution in [-0.2, 0) is 16.1 Å². The Kier molecular flexibility index (Phi) is 5.30. The number of aryl methyl sites for hydroxylation is 2. The summed E-state index contributed by atoms with van der Waals surface area (Å²) in [6.45, 7) is 7.24. The van der Waals surface area contributed by atoms with Gasteiger partial charge in [-0.1, -0.05) is 0 Å². The number of carbonyl (C=O) groups excluding carboxylic acids is 3. The monoisotopic (exact) mass is 348 g/mol. The third-order valence-electron chi connectivity index (χ3n) is 4.19.